The van der Waals surface area contributed by atoms with E-state index in [4.69, 9.17) is 0 Å². The number of hydrogen-bond acceptors (Lipinski definition) is 3. The molecule has 0 radical (unpaired) electrons. The van der Waals surface area contributed by atoms with E-state index in [1.807, 2.05) is 20.9 Å². The van der Waals surface area contributed by atoms with E-state index in [0.29, 0.717) is 16.3 Å². The molecular weight excluding hydrogens is 383 g/mol. The molecule has 1 amide bonds. The number of rotatable bonds is 4. The zero-order chi connectivity index (χ0) is 21.6. The summed E-state index contributed by atoms with van der Waals surface area (Å²) >= 11 is 0. The molecule has 3 rings (SSSR count). The molecule has 0 saturated carbocycles. The Kier molecular flexibility index (Phi) is 5.17. The van der Waals surface area contributed by atoms with Crippen LogP contribution in [-0.4, -0.2) is 27.0 Å². The average Bonchev–Trinajstić information content (AvgIpc) is 2.98. The molecular formula is C21H22F3N3O2. The molecule has 1 aromatic heterocycles. The maximum atomic E-state index is 13.1. The zero-order valence-corrected chi connectivity index (χ0v) is 16.5. The fourth-order valence-corrected chi connectivity index (χ4v) is 3.15. The third-order valence-electron chi connectivity index (χ3n) is 5.30. The molecule has 5 nitrogen and oxygen atoms in total. The Morgan fingerprint density at radius 2 is 1.79 bits per heavy atom. The van der Waals surface area contributed by atoms with Crippen molar-refractivity contribution in [1.29, 1.82) is 0 Å². The smallest absolute Gasteiger partial charge is 0.376 e. The van der Waals surface area contributed by atoms with Gasteiger partial charge in [-0.05, 0) is 55.3 Å². The number of hydrogen-bond donors (Lipinski definition) is 2. The van der Waals surface area contributed by atoms with Crippen molar-refractivity contribution in [3.63, 3.8) is 0 Å². The summed E-state index contributed by atoms with van der Waals surface area (Å²) in [7, 11) is 1.82. The van der Waals surface area contributed by atoms with Crippen molar-refractivity contribution in [2.75, 3.05) is 0 Å². The fraction of sp³-hybridized carbons (Fsp3) is 0.333. The molecule has 1 heterocycles. The molecule has 2 atom stereocenters. The molecule has 0 aliphatic carbocycles. The number of carbonyl (C=O) groups is 1. The van der Waals surface area contributed by atoms with Crippen LogP contribution in [0.1, 0.15) is 47.1 Å². The normalized spacial score (nSPS) is 15.2. The minimum Gasteiger partial charge on any atom is -0.376 e. The van der Waals surface area contributed by atoms with Crippen LogP contribution in [0.3, 0.4) is 0 Å². The number of aliphatic hydroxyl groups is 1. The standard InChI is InChI=1S/C21H22F3N3O2/c1-12(18-11-25-27(4)13(18)2)26-19(28)16-6-5-15-10-17(8-7-14(15)9-16)20(3,29)21(22,23)24/h5-12,29H,1-4H3,(H,26,28). The Bertz CT molecular complexity index is 1070. The second-order valence-corrected chi connectivity index (χ2v) is 7.35. The predicted octanol–water partition coefficient (Wildman–Crippen LogP) is 4.14. The lowest BCUT2D eigenvalue weighted by molar-refractivity contribution is -0.258. The quantitative estimate of drug-likeness (QED) is 0.686. The monoisotopic (exact) mass is 405 g/mol. The van der Waals surface area contributed by atoms with Crippen LogP contribution in [0.25, 0.3) is 10.8 Å². The largest absolute Gasteiger partial charge is 0.421 e. The SMILES string of the molecule is Cc1c(C(C)NC(=O)c2ccc3cc(C(C)(O)C(F)(F)F)ccc3c2)cnn1C. The number of benzene rings is 2. The number of nitrogens with one attached hydrogen (secondary N) is 1. The molecule has 0 spiro atoms. The van der Waals surface area contributed by atoms with Gasteiger partial charge in [0.25, 0.3) is 5.91 Å². The molecule has 2 unspecified atom stereocenters. The van der Waals surface area contributed by atoms with Gasteiger partial charge in [0.1, 0.15) is 0 Å². The van der Waals surface area contributed by atoms with Crippen LogP contribution >= 0.6 is 0 Å². The molecule has 2 N–H and O–H groups in total. The molecule has 0 saturated heterocycles. The summed E-state index contributed by atoms with van der Waals surface area (Å²) in [6, 6.07) is 8.45. The van der Waals surface area contributed by atoms with E-state index in [1.54, 1.807) is 29.1 Å². The molecule has 3 aromatic rings. The van der Waals surface area contributed by atoms with Crippen LogP contribution < -0.4 is 5.32 Å². The zero-order valence-electron chi connectivity index (χ0n) is 16.5. The molecule has 0 bridgehead atoms. The summed E-state index contributed by atoms with van der Waals surface area (Å²) < 4.78 is 40.9. The Morgan fingerprint density at radius 1 is 1.17 bits per heavy atom. The summed E-state index contributed by atoms with van der Waals surface area (Å²) in [6.07, 6.45) is -3.09. The fourth-order valence-electron chi connectivity index (χ4n) is 3.15. The minimum absolute atomic E-state index is 0.254. The lowest BCUT2D eigenvalue weighted by Crippen LogP contribution is -2.39. The van der Waals surface area contributed by atoms with Gasteiger partial charge in [-0.2, -0.15) is 18.3 Å². The van der Waals surface area contributed by atoms with Crippen molar-refractivity contribution in [3.05, 3.63) is 65.0 Å². The predicted molar refractivity (Wildman–Crippen MR) is 103 cm³/mol. The highest BCUT2D eigenvalue weighted by atomic mass is 19.4. The first-order valence-corrected chi connectivity index (χ1v) is 9.04. The van der Waals surface area contributed by atoms with Gasteiger partial charge in [-0.25, -0.2) is 0 Å². The lowest BCUT2D eigenvalue weighted by Gasteiger charge is -2.27. The van der Waals surface area contributed by atoms with Crippen LogP contribution in [-0.2, 0) is 12.6 Å². The second kappa shape index (κ2) is 7.18. The van der Waals surface area contributed by atoms with Crippen LogP contribution in [0.2, 0.25) is 0 Å². The maximum absolute atomic E-state index is 13.1. The molecule has 0 aliphatic rings. The van der Waals surface area contributed by atoms with Crippen molar-refractivity contribution < 1.29 is 23.1 Å². The van der Waals surface area contributed by atoms with Gasteiger partial charge in [0.15, 0.2) is 5.60 Å². The Morgan fingerprint density at radius 3 is 2.38 bits per heavy atom. The summed E-state index contributed by atoms with van der Waals surface area (Å²) in [5.41, 5.74) is -0.966. The molecule has 8 heteroatoms. The average molecular weight is 405 g/mol. The molecule has 154 valence electrons. The number of nitrogens with zero attached hydrogens (tertiary/aromatic N) is 2. The highest BCUT2D eigenvalue weighted by Gasteiger charge is 2.51. The number of fused-ring (bicyclic) bond motifs is 1. The van der Waals surface area contributed by atoms with E-state index in [1.165, 1.54) is 18.2 Å². The highest BCUT2D eigenvalue weighted by molar-refractivity contribution is 5.98. The van der Waals surface area contributed by atoms with Gasteiger partial charge in [0.05, 0.1) is 12.2 Å². The van der Waals surface area contributed by atoms with Crippen molar-refractivity contribution >= 4 is 16.7 Å². The van der Waals surface area contributed by atoms with Crippen molar-refractivity contribution in [1.82, 2.24) is 15.1 Å². The first kappa shape index (κ1) is 20.9. The minimum atomic E-state index is -4.79. The van der Waals surface area contributed by atoms with Crippen LogP contribution in [0, 0.1) is 6.92 Å². The number of amides is 1. The molecule has 0 fully saturated rings. The summed E-state index contributed by atoms with van der Waals surface area (Å²) in [5, 5.41) is 18.0. The van der Waals surface area contributed by atoms with Gasteiger partial charge in [-0.1, -0.05) is 18.2 Å². The van der Waals surface area contributed by atoms with Crippen molar-refractivity contribution in [2.24, 2.45) is 7.05 Å². The van der Waals surface area contributed by atoms with Gasteiger partial charge in [0, 0.05) is 23.9 Å². The first-order chi connectivity index (χ1) is 13.4. The molecule has 2 aromatic carbocycles. The van der Waals surface area contributed by atoms with Crippen LogP contribution in [0.5, 0.6) is 0 Å². The van der Waals surface area contributed by atoms with Gasteiger partial charge in [-0.3, -0.25) is 9.48 Å². The molecule has 0 aliphatic heterocycles. The third kappa shape index (κ3) is 3.85. The van der Waals surface area contributed by atoms with Crippen LogP contribution in [0.4, 0.5) is 13.2 Å². The Balaban J connectivity index is 1.85. The van der Waals surface area contributed by atoms with Crippen LogP contribution in [0.15, 0.2) is 42.6 Å². The van der Waals surface area contributed by atoms with E-state index in [0.717, 1.165) is 18.2 Å². The van der Waals surface area contributed by atoms with E-state index < -0.39 is 11.8 Å². The van der Waals surface area contributed by atoms with Gasteiger partial charge >= 0.3 is 6.18 Å². The summed E-state index contributed by atoms with van der Waals surface area (Å²) in [4.78, 5) is 12.6. The van der Waals surface area contributed by atoms with E-state index >= 15 is 0 Å². The van der Waals surface area contributed by atoms with Gasteiger partial charge in [0.2, 0.25) is 0 Å². The highest BCUT2D eigenvalue weighted by Crippen LogP contribution is 2.39. The van der Waals surface area contributed by atoms with E-state index in [2.05, 4.69) is 10.4 Å². The number of alkyl halides is 3. The van der Waals surface area contributed by atoms with E-state index in [9.17, 15) is 23.1 Å². The molecule has 29 heavy (non-hydrogen) atoms. The Hall–Kier alpha value is -2.87. The second-order valence-electron chi connectivity index (χ2n) is 7.35. The number of aryl methyl sites for hydroxylation is 1. The number of aromatic nitrogens is 2. The van der Waals surface area contributed by atoms with Gasteiger partial charge in [-0.15, -0.1) is 0 Å². The summed E-state index contributed by atoms with van der Waals surface area (Å²) in [5.74, 6) is -0.297. The third-order valence-corrected chi connectivity index (χ3v) is 5.30. The maximum Gasteiger partial charge on any atom is 0.421 e. The first-order valence-electron chi connectivity index (χ1n) is 9.04. The topological polar surface area (TPSA) is 67.2 Å². The number of halogens is 3. The van der Waals surface area contributed by atoms with Crippen molar-refractivity contribution in [3.8, 4) is 0 Å². The number of carbonyl (C=O) groups excluding carboxylic acids is 1. The lowest BCUT2D eigenvalue weighted by atomic mass is 9.92. The summed E-state index contributed by atoms with van der Waals surface area (Å²) in [6.45, 7) is 4.49. The van der Waals surface area contributed by atoms with Crippen molar-refractivity contribution in [2.45, 2.75) is 38.6 Å². The van der Waals surface area contributed by atoms with Gasteiger partial charge < -0.3 is 10.4 Å². The van der Waals surface area contributed by atoms with E-state index in [-0.39, 0.29) is 17.5 Å². The Labute approximate surface area is 166 Å².